The second kappa shape index (κ2) is 6.41. The van der Waals surface area contributed by atoms with Gasteiger partial charge in [-0.15, -0.1) is 0 Å². The first kappa shape index (κ1) is 12.0. The molecule has 1 heterocycles. The molecule has 1 aliphatic heterocycles. The lowest BCUT2D eigenvalue weighted by atomic mass is 9.93. The summed E-state index contributed by atoms with van der Waals surface area (Å²) >= 11 is 0. The van der Waals surface area contributed by atoms with Crippen LogP contribution in [0.5, 0.6) is 0 Å². The molecule has 14 heavy (non-hydrogen) atoms. The highest BCUT2D eigenvalue weighted by Gasteiger charge is 2.21. The number of hydrogen-bond acceptors (Lipinski definition) is 2. The Balaban J connectivity index is 2.11. The number of aliphatic hydroxyl groups is 1. The Kier molecular flexibility index (Phi) is 5.49. The summed E-state index contributed by atoms with van der Waals surface area (Å²) in [4.78, 5) is 2.61. The van der Waals surface area contributed by atoms with Gasteiger partial charge in [-0.2, -0.15) is 0 Å². The summed E-state index contributed by atoms with van der Waals surface area (Å²) in [6.07, 6.45) is 6.12. The fourth-order valence-electron chi connectivity index (χ4n) is 2.39. The standard InChI is InChI=1S/C12H25NO/c1-11-6-8-13(12(2)10-11)7-4-3-5-9-14/h11-12,14H,3-10H2,1-2H3. The van der Waals surface area contributed by atoms with Crippen LogP contribution in [0.25, 0.3) is 0 Å². The SMILES string of the molecule is CC1CCN(CCCCCO)C(C)C1. The Morgan fingerprint density at radius 2 is 2.00 bits per heavy atom. The highest BCUT2D eigenvalue weighted by Crippen LogP contribution is 2.22. The lowest BCUT2D eigenvalue weighted by Crippen LogP contribution is -2.40. The van der Waals surface area contributed by atoms with Gasteiger partial charge in [0.05, 0.1) is 0 Å². The largest absolute Gasteiger partial charge is 0.396 e. The van der Waals surface area contributed by atoms with E-state index in [0.717, 1.165) is 18.4 Å². The molecule has 0 bridgehead atoms. The number of aliphatic hydroxyl groups excluding tert-OH is 1. The first-order valence-electron chi connectivity index (χ1n) is 6.09. The maximum atomic E-state index is 8.68. The van der Waals surface area contributed by atoms with Crippen LogP contribution in [0.3, 0.4) is 0 Å². The Morgan fingerprint density at radius 1 is 1.21 bits per heavy atom. The van der Waals surface area contributed by atoms with Crippen LogP contribution >= 0.6 is 0 Å². The number of piperidine rings is 1. The van der Waals surface area contributed by atoms with E-state index in [1.165, 1.54) is 38.8 Å². The number of likely N-dealkylation sites (tertiary alicyclic amines) is 1. The lowest BCUT2D eigenvalue weighted by Gasteiger charge is -2.36. The van der Waals surface area contributed by atoms with Gasteiger partial charge in [0, 0.05) is 12.6 Å². The molecule has 2 atom stereocenters. The molecule has 1 aliphatic rings. The monoisotopic (exact) mass is 199 g/mol. The molecule has 0 aromatic carbocycles. The van der Waals surface area contributed by atoms with Crippen molar-refractivity contribution in [2.75, 3.05) is 19.7 Å². The van der Waals surface area contributed by atoms with E-state index in [0.29, 0.717) is 6.61 Å². The van der Waals surface area contributed by atoms with E-state index < -0.39 is 0 Å². The van der Waals surface area contributed by atoms with Crippen molar-refractivity contribution in [2.45, 2.75) is 52.0 Å². The van der Waals surface area contributed by atoms with Gasteiger partial charge in [-0.25, -0.2) is 0 Å². The molecule has 1 rings (SSSR count). The highest BCUT2D eigenvalue weighted by molar-refractivity contribution is 4.76. The van der Waals surface area contributed by atoms with Crippen LogP contribution in [0.15, 0.2) is 0 Å². The second-order valence-corrected chi connectivity index (χ2v) is 4.80. The van der Waals surface area contributed by atoms with Gasteiger partial charge < -0.3 is 10.0 Å². The van der Waals surface area contributed by atoms with Gasteiger partial charge in [0.2, 0.25) is 0 Å². The predicted molar refractivity (Wildman–Crippen MR) is 60.4 cm³/mol. The van der Waals surface area contributed by atoms with E-state index in [-0.39, 0.29) is 0 Å². The zero-order chi connectivity index (χ0) is 10.4. The Hall–Kier alpha value is -0.0800. The minimum Gasteiger partial charge on any atom is -0.396 e. The molecular weight excluding hydrogens is 174 g/mol. The van der Waals surface area contributed by atoms with Gasteiger partial charge >= 0.3 is 0 Å². The van der Waals surface area contributed by atoms with Crippen molar-refractivity contribution in [3.05, 3.63) is 0 Å². The summed E-state index contributed by atoms with van der Waals surface area (Å²) in [5, 5.41) is 8.68. The summed E-state index contributed by atoms with van der Waals surface area (Å²) in [5.41, 5.74) is 0. The molecule has 1 fully saturated rings. The van der Waals surface area contributed by atoms with Gasteiger partial charge in [0.1, 0.15) is 0 Å². The fraction of sp³-hybridized carbons (Fsp3) is 1.00. The zero-order valence-electron chi connectivity index (χ0n) is 9.71. The van der Waals surface area contributed by atoms with E-state index in [9.17, 15) is 0 Å². The molecule has 0 aromatic rings. The van der Waals surface area contributed by atoms with E-state index in [1.54, 1.807) is 0 Å². The summed E-state index contributed by atoms with van der Waals surface area (Å²) in [6, 6.07) is 0.771. The maximum absolute atomic E-state index is 8.68. The minimum absolute atomic E-state index is 0.354. The smallest absolute Gasteiger partial charge is 0.0431 e. The number of hydrogen-bond donors (Lipinski definition) is 1. The van der Waals surface area contributed by atoms with E-state index in [2.05, 4.69) is 18.7 Å². The van der Waals surface area contributed by atoms with Crippen LogP contribution in [0, 0.1) is 5.92 Å². The first-order valence-corrected chi connectivity index (χ1v) is 6.09. The van der Waals surface area contributed by atoms with Crippen LogP contribution in [0.1, 0.15) is 46.0 Å². The van der Waals surface area contributed by atoms with Crippen molar-refractivity contribution in [1.82, 2.24) is 4.90 Å². The Labute approximate surface area is 88.3 Å². The average Bonchev–Trinajstić information content (AvgIpc) is 2.15. The summed E-state index contributed by atoms with van der Waals surface area (Å²) in [7, 11) is 0. The number of nitrogens with zero attached hydrogens (tertiary/aromatic N) is 1. The number of rotatable bonds is 5. The van der Waals surface area contributed by atoms with Crippen LogP contribution in [0.2, 0.25) is 0 Å². The third-order valence-electron chi connectivity index (χ3n) is 3.38. The van der Waals surface area contributed by atoms with Crippen molar-refractivity contribution in [3.8, 4) is 0 Å². The molecular formula is C12H25NO. The van der Waals surface area contributed by atoms with E-state index in [1.807, 2.05) is 0 Å². The third kappa shape index (κ3) is 3.97. The fourth-order valence-corrected chi connectivity index (χ4v) is 2.39. The van der Waals surface area contributed by atoms with Crippen molar-refractivity contribution in [3.63, 3.8) is 0 Å². The van der Waals surface area contributed by atoms with Gasteiger partial charge in [-0.1, -0.05) is 6.92 Å². The van der Waals surface area contributed by atoms with Crippen molar-refractivity contribution in [1.29, 1.82) is 0 Å². The molecule has 0 spiro atoms. The predicted octanol–water partition coefficient (Wildman–Crippen LogP) is 2.27. The molecule has 0 aromatic heterocycles. The molecule has 84 valence electrons. The van der Waals surface area contributed by atoms with Crippen LogP contribution in [0.4, 0.5) is 0 Å². The normalized spacial score (nSPS) is 29.4. The van der Waals surface area contributed by atoms with E-state index >= 15 is 0 Å². The van der Waals surface area contributed by atoms with Gasteiger partial charge in [0.15, 0.2) is 0 Å². The molecule has 2 unspecified atom stereocenters. The quantitative estimate of drug-likeness (QED) is 0.687. The Morgan fingerprint density at radius 3 is 2.64 bits per heavy atom. The van der Waals surface area contributed by atoms with Crippen LogP contribution in [-0.4, -0.2) is 35.7 Å². The van der Waals surface area contributed by atoms with Gasteiger partial charge in [-0.05, 0) is 58.0 Å². The van der Waals surface area contributed by atoms with Crippen molar-refractivity contribution in [2.24, 2.45) is 5.92 Å². The molecule has 0 aliphatic carbocycles. The van der Waals surface area contributed by atoms with Crippen LogP contribution < -0.4 is 0 Å². The molecule has 2 nitrogen and oxygen atoms in total. The summed E-state index contributed by atoms with van der Waals surface area (Å²) in [6.45, 7) is 7.57. The lowest BCUT2D eigenvalue weighted by molar-refractivity contribution is 0.126. The third-order valence-corrected chi connectivity index (χ3v) is 3.38. The molecule has 0 radical (unpaired) electrons. The molecule has 0 saturated carbocycles. The highest BCUT2D eigenvalue weighted by atomic mass is 16.2. The summed E-state index contributed by atoms with van der Waals surface area (Å²) in [5.74, 6) is 0.915. The topological polar surface area (TPSA) is 23.5 Å². The van der Waals surface area contributed by atoms with Crippen molar-refractivity contribution >= 4 is 0 Å². The average molecular weight is 199 g/mol. The maximum Gasteiger partial charge on any atom is 0.0431 e. The molecule has 2 heteroatoms. The van der Waals surface area contributed by atoms with Crippen LogP contribution in [-0.2, 0) is 0 Å². The summed E-state index contributed by atoms with van der Waals surface area (Å²) < 4.78 is 0. The van der Waals surface area contributed by atoms with E-state index in [4.69, 9.17) is 5.11 Å². The molecule has 1 N–H and O–H groups in total. The van der Waals surface area contributed by atoms with Crippen molar-refractivity contribution < 1.29 is 5.11 Å². The molecule has 1 saturated heterocycles. The minimum atomic E-state index is 0.354. The van der Waals surface area contributed by atoms with Gasteiger partial charge in [-0.3, -0.25) is 0 Å². The molecule has 0 amide bonds. The Bertz CT molecular complexity index is 149. The number of unbranched alkanes of at least 4 members (excludes halogenated alkanes) is 2. The van der Waals surface area contributed by atoms with Gasteiger partial charge in [0.25, 0.3) is 0 Å². The first-order chi connectivity index (χ1) is 6.74. The zero-order valence-corrected chi connectivity index (χ0v) is 9.71. The second-order valence-electron chi connectivity index (χ2n) is 4.80.